The number of aromatic amines is 1. The number of hydrogen-bond donors (Lipinski definition) is 3. The van der Waals surface area contributed by atoms with Crippen LogP contribution in [0, 0.1) is 0 Å². The van der Waals surface area contributed by atoms with Gasteiger partial charge < -0.3 is 15.2 Å². The van der Waals surface area contributed by atoms with Crippen LogP contribution in [0.15, 0.2) is 60.8 Å². The minimum absolute atomic E-state index is 0.189. The summed E-state index contributed by atoms with van der Waals surface area (Å²) in [5.74, 6) is 0.432. The molecule has 6 heteroatoms. The lowest BCUT2D eigenvalue weighted by Gasteiger charge is -2.16. The summed E-state index contributed by atoms with van der Waals surface area (Å²) in [7, 11) is 1.60. The molecule has 1 heterocycles. The maximum absolute atomic E-state index is 12.7. The molecule has 0 fully saturated rings. The number of nitrogens with one attached hydrogen (secondary N) is 2. The van der Waals surface area contributed by atoms with Gasteiger partial charge in [0.15, 0.2) is 0 Å². The number of aliphatic hydroxyl groups excluding tert-OH is 1. The van der Waals surface area contributed by atoms with E-state index in [1.807, 2.05) is 54.6 Å². The topological polar surface area (TPSA) is 87.2 Å². The lowest BCUT2D eigenvalue weighted by atomic mass is 10.1. The molecule has 3 aromatic rings. The van der Waals surface area contributed by atoms with Gasteiger partial charge in [-0.1, -0.05) is 30.3 Å². The second-order valence-electron chi connectivity index (χ2n) is 5.51. The van der Waals surface area contributed by atoms with Crippen LogP contribution < -0.4 is 10.1 Å². The maximum atomic E-state index is 12.7. The fourth-order valence-electron chi connectivity index (χ4n) is 2.59. The van der Waals surface area contributed by atoms with Gasteiger partial charge in [0.1, 0.15) is 5.75 Å². The SMILES string of the molecule is COc1ccc(-c2[nH]ncc2C(=O)N[C@@H](CO)c2ccccc2)cc1. The summed E-state index contributed by atoms with van der Waals surface area (Å²) in [6, 6.07) is 16.2. The molecule has 6 nitrogen and oxygen atoms in total. The van der Waals surface area contributed by atoms with Crippen LogP contribution in [0.2, 0.25) is 0 Å². The molecule has 1 atom stereocenters. The van der Waals surface area contributed by atoms with Crippen LogP contribution in [-0.4, -0.2) is 34.9 Å². The Hall–Kier alpha value is -3.12. The van der Waals surface area contributed by atoms with Gasteiger partial charge in [0.2, 0.25) is 0 Å². The number of ether oxygens (including phenoxy) is 1. The molecule has 0 aliphatic carbocycles. The van der Waals surface area contributed by atoms with Crippen LogP contribution in [0.25, 0.3) is 11.3 Å². The Balaban J connectivity index is 1.82. The van der Waals surface area contributed by atoms with E-state index in [0.717, 1.165) is 16.9 Å². The number of aliphatic hydroxyl groups is 1. The lowest BCUT2D eigenvalue weighted by Crippen LogP contribution is -2.30. The highest BCUT2D eigenvalue weighted by Gasteiger charge is 2.19. The lowest BCUT2D eigenvalue weighted by molar-refractivity contribution is 0.0917. The van der Waals surface area contributed by atoms with Crippen molar-refractivity contribution in [1.82, 2.24) is 15.5 Å². The number of rotatable bonds is 6. The number of aromatic nitrogens is 2. The van der Waals surface area contributed by atoms with Crippen molar-refractivity contribution in [2.24, 2.45) is 0 Å². The van der Waals surface area contributed by atoms with Crippen LogP contribution in [0.4, 0.5) is 0 Å². The van der Waals surface area contributed by atoms with Crippen LogP contribution in [0.1, 0.15) is 22.0 Å². The van der Waals surface area contributed by atoms with Gasteiger partial charge in [-0.15, -0.1) is 0 Å². The molecule has 1 amide bonds. The van der Waals surface area contributed by atoms with Crippen molar-refractivity contribution in [3.8, 4) is 17.0 Å². The van der Waals surface area contributed by atoms with Crippen LogP contribution >= 0.6 is 0 Å². The molecule has 0 aliphatic rings. The monoisotopic (exact) mass is 337 g/mol. The van der Waals surface area contributed by atoms with Crippen LogP contribution in [-0.2, 0) is 0 Å². The molecule has 1 aromatic heterocycles. The summed E-state index contributed by atoms with van der Waals surface area (Å²) in [4.78, 5) is 12.7. The average molecular weight is 337 g/mol. The molecule has 0 spiro atoms. The van der Waals surface area contributed by atoms with Crippen molar-refractivity contribution in [3.05, 3.63) is 71.9 Å². The van der Waals surface area contributed by atoms with Gasteiger partial charge in [0, 0.05) is 5.56 Å². The van der Waals surface area contributed by atoms with Crippen molar-refractivity contribution < 1.29 is 14.6 Å². The number of hydrogen-bond acceptors (Lipinski definition) is 4. The van der Waals surface area contributed by atoms with Crippen molar-refractivity contribution in [1.29, 1.82) is 0 Å². The molecule has 3 N–H and O–H groups in total. The van der Waals surface area contributed by atoms with E-state index in [1.165, 1.54) is 6.20 Å². The highest BCUT2D eigenvalue weighted by atomic mass is 16.5. The van der Waals surface area contributed by atoms with E-state index >= 15 is 0 Å². The second kappa shape index (κ2) is 7.63. The van der Waals surface area contributed by atoms with Gasteiger partial charge in [-0.3, -0.25) is 9.89 Å². The number of carbonyl (C=O) groups excluding carboxylic acids is 1. The molecular weight excluding hydrogens is 318 g/mol. The molecule has 0 saturated carbocycles. The average Bonchev–Trinajstić information content (AvgIpc) is 3.16. The predicted octanol–water partition coefficient (Wildman–Crippen LogP) is 2.55. The molecule has 0 saturated heterocycles. The normalized spacial score (nSPS) is 11.8. The molecule has 3 rings (SSSR count). The zero-order valence-electron chi connectivity index (χ0n) is 13.8. The summed E-state index contributed by atoms with van der Waals surface area (Å²) >= 11 is 0. The third-order valence-corrected chi connectivity index (χ3v) is 3.95. The number of carbonyl (C=O) groups is 1. The Morgan fingerprint density at radius 1 is 1.20 bits per heavy atom. The zero-order chi connectivity index (χ0) is 17.6. The predicted molar refractivity (Wildman–Crippen MR) is 94.3 cm³/mol. The van der Waals surface area contributed by atoms with Crippen molar-refractivity contribution >= 4 is 5.91 Å². The van der Waals surface area contributed by atoms with E-state index in [-0.39, 0.29) is 12.5 Å². The highest BCUT2D eigenvalue weighted by molar-refractivity contribution is 6.00. The minimum atomic E-state index is -0.479. The van der Waals surface area contributed by atoms with E-state index in [2.05, 4.69) is 15.5 Å². The van der Waals surface area contributed by atoms with Crippen LogP contribution in [0.3, 0.4) is 0 Å². The smallest absolute Gasteiger partial charge is 0.255 e. The molecule has 0 unspecified atom stereocenters. The first-order valence-electron chi connectivity index (χ1n) is 7.87. The number of amides is 1. The Bertz CT molecular complexity index is 829. The van der Waals surface area contributed by atoms with Gasteiger partial charge >= 0.3 is 0 Å². The van der Waals surface area contributed by atoms with Gasteiger partial charge in [-0.2, -0.15) is 5.10 Å². The molecule has 2 aromatic carbocycles. The molecule has 128 valence electrons. The molecule has 0 bridgehead atoms. The Morgan fingerprint density at radius 2 is 1.92 bits per heavy atom. The first-order valence-corrected chi connectivity index (χ1v) is 7.87. The fourth-order valence-corrected chi connectivity index (χ4v) is 2.59. The van der Waals surface area contributed by atoms with Crippen molar-refractivity contribution in [2.75, 3.05) is 13.7 Å². The number of benzene rings is 2. The summed E-state index contributed by atoms with van der Waals surface area (Å²) in [6.07, 6.45) is 1.48. The highest BCUT2D eigenvalue weighted by Crippen LogP contribution is 2.24. The van der Waals surface area contributed by atoms with E-state index < -0.39 is 6.04 Å². The maximum Gasteiger partial charge on any atom is 0.255 e. The Kier molecular flexibility index (Phi) is 5.11. The molecule has 0 radical (unpaired) electrons. The number of H-pyrrole nitrogens is 1. The number of methoxy groups -OCH3 is 1. The summed E-state index contributed by atoms with van der Waals surface area (Å²) in [6.45, 7) is -0.189. The largest absolute Gasteiger partial charge is 0.497 e. The molecule has 0 aliphatic heterocycles. The van der Waals surface area contributed by atoms with Gasteiger partial charge in [0.05, 0.1) is 37.2 Å². The third-order valence-electron chi connectivity index (χ3n) is 3.95. The third kappa shape index (κ3) is 3.70. The van der Waals surface area contributed by atoms with E-state index in [9.17, 15) is 9.90 Å². The zero-order valence-corrected chi connectivity index (χ0v) is 13.8. The minimum Gasteiger partial charge on any atom is -0.497 e. The van der Waals surface area contributed by atoms with E-state index in [4.69, 9.17) is 4.74 Å². The Labute approximate surface area is 145 Å². The van der Waals surface area contributed by atoms with Gasteiger partial charge in [-0.25, -0.2) is 0 Å². The van der Waals surface area contributed by atoms with E-state index in [1.54, 1.807) is 7.11 Å². The summed E-state index contributed by atoms with van der Waals surface area (Å²) < 4.78 is 5.15. The fraction of sp³-hybridized carbons (Fsp3) is 0.158. The van der Waals surface area contributed by atoms with Crippen LogP contribution in [0.5, 0.6) is 5.75 Å². The summed E-state index contributed by atoms with van der Waals surface area (Å²) in [5.41, 5.74) is 2.70. The molecule has 25 heavy (non-hydrogen) atoms. The van der Waals surface area contributed by atoms with Crippen molar-refractivity contribution in [3.63, 3.8) is 0 Å². The van der Waals surface area contributed by atoms with Gasteiger partial charge in [-0.05, 0) is 29.8 Å². The number of nitrogens with zero attached hydrogens (tertiary/aromatic N) is 1. The molecular formula is C19H19N3O3. The second-order valence-corrected chi connectivity index (χ2v) is 5.51. The van der Waals surface area contributed by atoms with Crippen molar-refractivity contribution in [2.45, 2.75) is 6.04 Å². The van der Waals surface area contributed by atoms with Gasteiger partial charge in [0.25, 0.3) is 5.91 Å². The quantitative estimate of drug-likeness (QED) is 0.645. The standard InChI is InChI=1S/C19H19N3O3/c1-25-15-9-7-14(8-10-15)18-16(11-20-22-18)19(24)21-17(12-23)13-5-3-2-4-6-13/h2-11,17,23H,12H2,1H3,(H,20,22)(H,21,24)/t17-/m0/s1. The van der Waals surface area contributed by atoms with E-state index in [0.29, 0.717) is 11.3 Å². The Morgan fingerprint density at radius 3 is 2.56 bits per heavy atom. The summed E-state index contributed by atoms with van der Waals surface area (Å²) in [5, 5.41) is 19.3. The first-order chi connectivity index (χ1) is 12.2. The first kappa shape index (κ1) is 16.7.